The van der Waals surface area contributed by atoms with Crippen LogP contribution in [0.15, 0.2) is 24.3 Å². The van der Waals surface area contributed by atoms with Crippen molar-refractivity contribution in [3.8, 4) is 0 Å². The fourth-order valence-electron chi connectivity index (χ4n) is 2.77. The maximum atomic E-state index is 2.42. The lowest BCUT2D eigenvalue weighted by molar-refractivity contribution is 0.342. The standard InChI is InChI=1S/C16H26/c1-6-11-16(5,12-13(2)3)15-9-7-14(4)8-10-15/h7-10,13H,6,11-12H2,1-5H3. The van der Waals surface area contributed by atoms with E-state index in [1.54, 1.807) is 0 Å². The second-order valence-corrected chi connectivity index (χ2v) is 5.77. The molecule has 1 aromatic carbocycles. The second kappa shape index (κ2) is 5.52. The molecule has 1 unspecified atom stereocenters. The third-order valence-corrected chi connectivity index (χ3v) is 3.41. The fraction of sp³-hybridized carbons (Fsp3) is 0.625. The SMILES string of the molecule is CCCC(C)(CC(C)C)c1ccc(C)cc1. The second-order valence-electron chi connectivity index (χ2n) is 5.77. The van der Waals surface area contributed by atoms with Crippen molar-refractivity contribution < 1.29 is 0 Å². The number of rotatable bonds is 5. The Morgan fingerprint density at radius 2 is 1.69 bits per heavy atom. The molecule has 0 nitrogen and oxygen atoms in total. The minimum absolute atomic E-state index is 0.358. The highest BCUT2D eigenvalue weighted by Gasteiger charge is 2.26. The molecule has 0 aromatic heterocycles. The van der Waals surface area contributed by atoms with Gasteiger partial charge in [-0.15, -0.1) is 0 Å². The zero-order valence-corrected chi connectivity index (χ0v) is 11.5. The molecule has 16 heavy (non-hydrogen) atoms. The molecule has 1 atom stereocenters. The zero-order chi connectivity index (χ0) is 12.2. The molecule has 0 aliphatic carbocycles. The van der Waals surface area contributed by atoms with Crippen molar-refractivity contribution in [1.82, 2.24) is 0 Å². The van der Waals surface area contributed by atoms with Crippen LogP contribution < -0.4 is 0 Å². The van der Waals surface area contributed by atoms with E-state index < -0.39 is 0 Å². The average molecular weight is 218 g/mol. The first-order valence-corrected chi connectivity index (χ1v) is 6.55. The van der Waals surface area contributed by atoms with Crippen LogP contribution in [0.2, 0.25) is 0 Å². The van der Waals surface area contributed by atoms with E-state index in [1.807, 2.05) is 0 Å². The van der Waals surface area contributed by atoms with Crippen molar-refractivity contribution in [2.45, 2.75) is 59.3 Å². The van der Waals surface area contributed by atoms with Gasteiger partial charge in [0.15, 0.2) is 0 Å². The summed E-state index contributed by atoms with van der Waals surface area (Å²) in [6, 6.07) is 9.11. The molecular weight excluding hydrogens is 192 g/mol. The van der Waals surface area contributed by atoms with Gasteiger partial charge in [0.25, 0.3) is 0 Å². The Morgan fingerprint density at radius 1 is 1.12 bits per heavy atom. The average Bonchev–Trinajstić information content (AvgIpc) is 2.17. The third-order valence-electron chi connectivity index (χ3n) is 3.41. The Labute approximate surface area is 101 Å². The summed E-state index contributed by atoms with van der Waals surface area (Å²) in [7, 11) is 0. The monoisotopic (exact) mass is 218 g/mol. The first-order chi connectivity index (χ1) is 7.48. The molecule has 0 heterocycles. The van der Waals surface area contributed by atoms with Crippen molar-refractivity contribution in [2.75, 3.05) is 0 Å². The molecule has 0 saturated carbocycles. The summed E-state index contributed by atoms with van der Waals surface area (Å²) in [6.07, 6.45) is 3.83. The quantitative estimate of drug-likeness (QED) is 0.645. The molecule has 0 heteroatoms. The molecule has 0 amide bonds. The van der Waals surface area contributed by atoms with E-state index in [0.717, 1.165) is 5.92 Å². The lowest BCUT2D eigenvalue weighted by Crippen LogP contribution is -2.24. The van der Waals surface area contributed by atoms with E-state index in [-0.39, 0.29) is 0 Å². The molecule has 0 fully saturated rings. The molecule has 0 aliphatic rings. The minimum Gasteiger partial charge on any atom is -0.0654 e. The minimum atomic E-state index is 0.358. The van der Waals surface area contributed by atoms with Gasteiger partial charge in [0.2, 0.25) is 0 Å². The molecule has 0 saturated heterocycles. The fourth-order valence-corrected chi connectivity index (χ4v) is 2.77. The van der Waals surface area contributed by atoms with Crippen LogP contribution in [-0.4, -0.2) is 0 Å². The predicted molar refractivity (Wildman–Crippen MR) is 72.9 cm³/mol. The van der Waals surface area contributed by atoms with E-state index in [1.165, 1.54) is 30.4 Å². The smallest absolute Gasteiger partial charge is 0.00729 e. The van der Waals surface area contributed by atoms with Gasteiger partial charge >= 0.3 is 0 Å². The lowest BCUT2D eigenvalue weighted by Gasteiger charge is -2.32. The molecule has 90 valence electrons. The highest BCUT2D eigenvalue weighted by Crippen LogP contribution is 2.35. The molecular formula is C16H26. The largest absolute Gasteiger partial charge is 0.0654 e. The van der Waals surface area contributed by atoms with Gasteiger partial charge in [-0.25, -0.2) is 0 Å². The topological polar surface area (TPSA) is 0 Å². The predicted octanol–water partition coefficient (Wildman–Crippen LogP) is 5.10. The van der Waals surface area contributed by atoms with E-state index in [4.69, 9.17) is 0 Å². The maximum absolute atomic E-state index is 2.42. The van der Waals surface area contributed by atoms with Gasteiger partial charge in [0.1, 0.15) is 0 Å². The van der Waals surface area contributed by atoms with Crippen LogP contribution in [0.3, 0.4) is 0 Å². The summed E-state index contributed by atoms with van der Waals surface area (Å²) in [4.78, 5) is 0. The van der Waals surface area contributed by atoms with Crippen LogP contribution in [0.25, 0.3) is 0 Å². The Balaban J connectivity index is 2.95. The van der Waals surface area contributed by atoms with Gasteiger partial charge in [-0.05, 0) is 36.7 Å². The van der Waals surface area contributed by atoms with Crippen molar-refractivity contribution in [3.63, 3.8) is 0 Å². The van der Waals surface area contributed by atoms with Gasteiger partial charge in [-0.2, -0.15) is 0 Å². The van der Waals surface area contributed by atoms with Crippen LogP contribution in [0.4, 0.5) is 0 Å². The summed E-state index contributed by atoms with van der Waals surface area (Å²) in [5.74, 6) is 0.762. The summed E-state index contributed by atoms with van der Waals surface area (Å²) in [5.41, 5.74) is 3.22. The molecule has 0 N–H and O–H groups in total. The zero-order valence-electron chi connectivity index (χ0n) is 11.5. The van der Waals surface area contributed by atoms with E-state index in [0.29, 0.717) is 5.41 Å². The molecule has 0 aliphatic heterocycles. The number of aryl methyl sites for hydroxylation is 1. The van der Waals surface area contributed by atoms with Crippen LogP contribution >= 0.6 is 0 Å². The molecule has 1 rings (SSSR count). The van der Waals surface area contributed by atoms with Crippen LogP contribution in [0, 0.1) is 12.8 Å². The van der Waals surface area contributed by atoms with Crippen LogP contribution in [0.1, 0.15) is 58.1 Å². The molecule has 1 aromatic rings. The van der Waals surface area contributed by atoms with Gasteiger partial charge in [0, 0.05) is 0 Å². The van der Waals surface area contributed by atoms with Crippen LogP contribution in [0.5, 0.6) is 0 Å². The van der Waals surface area contributed by atoms with Crippen molar-refractivity contribution >= 4 is 0 Å². The summed E-state index contributed by atoms with van der Waals surface area (Å²) >= 11 is 0. The van der Waals surface area contributed by atoms with Gasteiger partial charge in [-0.3, -0.25) is 0 Å². The normalized spacial score (nSPS) is 15.1. The number of benzene rings is 1. The van der Waals surface area contributed by atoms with Crippen molar-refractivity contribution in [3.05, 3.63) is 35.4 Å². The maximum Gasteiger partial charge on any atom is -0.00729 e. The van der Waals surface area contributed by atoms with Gasteiger partial charge in [-0.1, -0.05) is 63.9 Å². The molecule has 0 radical (unpaired) electrons. The van der Waals surface area contributed by atoms with Crippen molar-refractivity contribution in [1.29, 1.82) is 0 Å². The van der Waals surface area contributed by atoms with E-state index in [2.05, 4.69) is 58.9 Å². The highest BCUT2D eigenvalue weighted by atomic mass is 14.3. The third kappa shape index (κ3) is 3.37. The summed E-state index contributed by atoms with van der Waals surface area (Å²) in [5, 5.41) is 0. The summed E-state index contributed by atoms with van der Waals surface area (Å²) in [6.45, 7) is 11.5. The Morgan fingerprint density at radius 3 is 2.12 bits per heavy atom. The van der Waals surface area contributed by atoms with Crippen LogP contribution in [-0.2, 0) is 5.41 Å². The van der Waals surface area contributed by atoms with Gasteiger partial charge in [0.05, 0.1) is 0 Å². The highest BCUT2D eigenvalue weighted by molar-refractivity contribution is 5.28. The first kappa shape index (κ1) is 13.3. The van der Waals surface area contributed by atoms with E-state index >= 15 is 0 Å². The van der Waals surface area contributed by atoms with E-state index in [9.17, 15) is 0 Å². The van der Waals surface area contributed by atoms with Crippen molar-refractivity contribution in [2.24, 2.45) is 5.92 Å². The molecule has 0 spiro atoms. The molecule has 0 bridgehead atoms. The number of hydrogen-bond acceptors (Lipinski definition) is 0. The Hall–Kier alpha value is -0.780. The summed E-state index contributed by atoms with van der Waals surface area (Å²) < 4.78 is 0. The Bertz CT molecular complexity index is 307. The Kier molecular flexibility index (Phi) is 4.58. The lowest BCUT2D eigenvalue weighted by atomic mass is 9.73. The van der Waals surface area contributed by atoms with Gasteiger partial charge < -0.3 is 0 Å². The first-order valence-electron chi connectivity index (χ1n) is 6.55. The number of hydrogen-bond donors (Lipinski definition) is 0.